The molecule has 0 aliphatic carbocycles. The molecule has 0 atom stereocenters. The summed E-state index contributed by atoms with van der Waals surface area (Å²) in [6.07, 6.45) is 1.79. The molecular weight excluding hydrogens is 514 g/mol. The van der Waals surface area contributed by atoms with E-state index in [1.165, 1.54) is 11.3 Å². The Hall–Kier alpha value is -1.67. The highest BCUT2D eigenvalue weighted by Crippen LogP contribution is 2.22. The van der Waals surface area contributed by atoms with Crippen molar-refractivity contribution < 1.29 is 4.79 Å². The SMILES string of the molecule is Br.C=CCn1c(-c2ccc(Cl)cc2)cs/c1=N\NC(=O)c1ccc(Br)cc1. The fraction of sp³-hybridized carbons (Fsp3) is 0.0526. The summed E-state index contributed by atoms with van der Waals surface area (Å²) < 4.78 is 2.91. The Morgan fingerprint density at radius 1 is 1.22 bits per heavy atom. The molecule has 1 N–H and O–H groups in total. The number of allylic oxidation sites excluding steroid dienone is 1. The number of carbonyl (C=O) groups excluding carboxylic acids is 1. The van der Waals surface area contributed by atoms with E-state index in [1.54, 1.807) is 18.2 Å². The van der Waals surface area contributed by atoms with Crippen LogP contribution in [-0.2, 0) is 6.54 Å². The summed E-state index contributed by atoms with van der Waals surface area (Å²) in [4.78, 5) is 12.9. The minimum Gasteiger partial charge on any atom is -0.311 e. The second kappa shape index (κ2) is 10.0. The number of nitrogens with zero attached hydrogens (tertiary/aromatic N) is 2. The maximum absolute atomic E-state index is 12.3. The molecule has 3 rings (SSSR count). The van der Waals surface area contributed by atoms with Gasteiger partial charge in [0.15, 0.2) is 0 Å². The van der Waals surface area contributed by atoms with Crippen molar-refractivity contribution in [2.45, 2.75) is 6.54 Å². The lowest BCUT2D eigenvalue weighted by molar-refractivity contribution is 0.0953. The zero-order valence-corrected chi connectivity index (χ0v) is 18.9. The van der Waals surface area contributed by atoms with Gasteiger partial charge in [-0.1, -0.05) is 45.7 Å². The maximum Gasteiger partial charge on any atom is 0.271 e. The first kappa shape index (κ1) is 21.6. The molecule has 0 aliphatic heterocycles. The summed E-state index contributed by atoms with van der Waals surface area (Å²) in [5, 5.41) is 6.97. The predicted molar refractivity (Wildman–Crippen MR) is 120 cm³/mol. The number of hydrogen-bond acceptors (Lipinski definition) is 3. The minimum atomic E-state index is -0.260. The van der Waals surface area contributed by atoms with E-state index in [-0.39, 0.29) is 22.9 Å². The normalized spacial score (nSPS) is 11.0. The summed E-state index contributed by atoms with van der Waals surface area (Å²) in [7, 11) is 0. The molecule has 4 nitrogen and oxygen atoms in total. The van der Waals surface area contributed by atoms with Gasteiger partial charge >= 0.3 is 0 Å². The van der Waals surface area contributed by atoms with Gasteiger partial charge in [0, 0.05) is 27.0 Å². The van der Waals surface area contributed by atoms with Gasteiger partial charge in [-0.15, -0.1) is 40.0 Å². The Labute approximate surface area is 185 Å². The lowest BCUT2D eigenvalue weighted by atomic mass is 10.2. The van der Waals surface area contributed by atoms with Crippen molar-refractivity contribution in [3.8, 4) is 11.3 Å². The number of rotatable bonds is 5. The molecule has 0 spiro atoms. The maximum atomic E-state index is 12.3. The largest absolute Gasteiger partial charge is 0.311 e. The van der Waals surface area contributed by atoms with Crippen LogP contribution in [0.4, 0.5) is 0 Å². The van der Waals surface area contributed by atoms with E-state index < -0.39 is 0 Å². The first-order chi connectivity index (χ1) is 12.6. The molecule has 3 aromatic rings. The van der Waals surface area contributed by atoms with Crippen LogP contribution in [0.3, 0.4) is 0 Å². The van der Waals surface area contributed by atoms with Gasteiger partial charge in [-0.2, -0.15) is 0 Å². The fourth-order valence-corrected chi connectivity index (χ4v) is 3.61. The van der Waals surface area contributed by atoms with E-state index in [4.69, 9.17) is 11.6 Å². The number of nitrogens with one attached hydrogen (secondary N) is 1. The molecule has 0 unspecified atom stereocenters. The number of halogens is 3. The van der Waals surface area contributed by atoms with Crippen LogP contribution < -0.4 is 10.2 Å². The Bertz CT molecular complexity index is 995. The van der Waals surface area contributed by atoms with Gasteiger partial charge in [-0.3, -0.25) is 4.79 Å². The van der Waals surface area contributed by atoms with Crippen LogP contribution in [0.25, 0.3) is 11.3 Å². The van der Waals surface area contributed by atoms with E-state index in [0.717, 1.165) is 15.7 Å². The Balaban J connectivity index is 0.00000261. The molecule has 140 valence electrons. The smallest absolute Gasteiger partial charge is 0.271 e. The number of aromatic nitrogens is 1. The molecule has 0 saturated heterocycles. The van der Waals surface area contributed by atoms with E-state index in [2.05, 4.69) is 33.0 Å². The molecule has 0 bridgehead atoms. The van der Waals surface area contributed by atoms with Crippen molar-refractivity contribution in [1.29, 1.82) is 0 Å². The van der Waals surface area contributed by atoms with Gasteiger partial charge in [0.25, 0.3) is 5.91 Å². The third-order valence-electron chi connectivity index (χ3n) is 3.61. The van der Waals surface area contributed by atoms with Crippen molar-refractivity contribution in [2.24, 2.45) is 5.10 Å². The number of thiazole rings is 1. The molecule has 0 fully saturated rings. The summed E-state index contributed by atoms with van der Waals surface area (Å²) in [5.41, 5.74) is 5.17. The van der Waals surface area contributed by atoms with Crippen LogP contribution in [0, 0.1) is 0 Å². The first-order valence-electron chi connectivity index (χ1n) is 7.73. The highest BCUT2D eigenvalue weighted by atomic mass is 79.9. The molecule has 1 amide bonds. The average molecular weight is 530 g/mol. The molecule has 0 aliphatic rings. The lowest BCUT2D eigenvalue weighted by Crippen LogP contribution is -2.24. The molecular formula is C19H16Br2ClN3OS. The van der Waals surface area contributed by atoms with Crippen molar-refractivity contribution in [3.05, 3.63) is 86.4 Å². The molecule has 8 heteroatoms. The zero-order valence-electron chi connectivity index (χ0n) is 14.1. The van der Waals surface area contributed by atoms with Gasteiger partial charge in [0.1, 0.15) is 0 Å². The molecule has 1 aromatic heterocycles. The molecule has 2 aromatic carbocycles. The van der Waals surface area contributed by atoms with Crippen molar-refractivity contribution >= 4 is 61.8 Å². The molecule has 0 saturated carbocycles. The van der Waals surface area contributed by atoms with Gasteiger partial charge < -0.3 is 4.57 Å². The number of amides is 1. The van der Waals surface area contributed by atoms with E-state index in [0.29, 0.717) is 21.9 Å². The van der Waals surface area contributed by atoms with Crippen LogP contribution >= 0.6 is 55.8 Å². The highest BCUT2D eigenvalue weighted by Gasteiger charge is 2.08. The van der Waals surface area contributed by atoms with Crippen LogP contribution in [-0.4, -0.2) is 10.5 Å². The van der Waals surface area contributed by atoms with Crippen molar-refractivity contribution in [3.63, 3.8) is 0 Å². The molecule has 0 radical (unpaired) electrons. The molecule has 1 heterocycles. The van der Waals surface area contributed by atoms with Crippen molar-refractivity contribution in [2.75, 3.05) is 0 Å². The van der Waals surface area contributed by atoms with Crippen LogP contribution in [0.5, 0.6) is 0 Å². The summed E-state index contributed by atoms with van der Waals surface area (Å²) in [6.45, 7) is 4.38. The Morgan fingerprint density at radius 2 is 1.89 bits per heavy atom. The Kier molecular flexibility index (Phi) is 8.04. The quantitative estimate of drug-likeness (QED) is 0.337. The zero-order chi connectivity index (χ0) is 18.5. The van der Waals surface area contributed by atoms with Crippen LogP contribution in [0.15, 0.2) is 76.1 Å². The Morgan fingerprint density at radius 3 is 2.52 bits per heavy atom. The average Bonchev–Trinajstić information content (AvgIpc) is 3.04. The van der Waals surface area contributed by atoms with Crippen molar-refractivity contribution in [1.82, 2.24) is 9.99 Å². The number of benzene rings is 2. The van der Waals surface area contributed by atoms with E-state index in [9.17, 15) is 4.79 Å². The minimum absolute atomic E-state index is 0. The van der Waals surface area contributed by atoms with Gasteiger partial charge in [0.05, 0.1) is 5.69 Å². The van der Waals surface area contributed by atoms with Crippen LogP contribution in [0.2, 0.25) is 5.02 Å². The van der Waals surface area contributed by atoms with Crippen LogP contribution in [0.1, 0.15) is 10.4 Å². The molecule has 27 heavy (non-hydrogen) atoms. The topological polar surface area (TPSA) is 46.4 Å². The third kappa shape index (κ3) is 5.42. The fourth-order valence-electron chi connectivity index (χ4n) is 2.34. The van der Waals surface area contributed by atoms with Gasteiger partial charge in [0.2, 0.25) is 4.80 Å². The van der Waals surface area contributed by atoms with E-state index in [1.807, 2.05) is 46.3 Å². The summed E-state index contributed by atoms with van der Waals surface area (Å²) >= 11 is 10.8. The summed E-state index contributed by atoms with van der Waals surface area (Å²) in [5.74, 6) is -0.260. The lowest BCUT2D eigenvalue weighted by Gasteiger charge is -2.07. The standard InChI is InChI=1S/C19H15BrClN3OS.BrH/c1-2-11-24-17(13-5-9-16(21)10-6-13)12-26-19(24)23-22-18(25)14-3-7-15(20)8-4-14;/h2-10,12H,1,11H2,(H,22,25);1H/b23-19-;. The highest BCUT2D eigenvalue weighted by molar-refractivity contribution is 9.10. The second-order valence-corrected chi connectivity index (χ2v) is 7.56. The number of hydrogen-bond donors (Lipinski definition) is 1. The predicted octanol–water partition coefficient (Wildman–Crippen LogP) is 5.64. The second-order valence-electron chi connectivity index (χ2n) is 5.37. The van der Waals surface area contributed by atoms with E-state index >= 15 is 0 Å². The first-order valence-corrected chi connectivity index (χ1v) is 9.78. The monoisotopic (exact) mass is 527 g/mol. The van der Waals surface area contributed by atoms with Gasteiger partial charge in [-0.05, 0) is 42.0 Å². The van der Waals surface area contributed by atoms with Gasteiger partial charge in [-0.25, -0.2) is 5.43 Å². The summed E-state index contributed by atoms with van der Waals surface area (Å²) in [6, 6.07) is 14.7. The third-order valence-corrected chi connectivity index (χ3v) is 5.25. The number of carbonyl (C=O) groups is 1.